The predicted molar refractivity (Wildman–Crippen MR) is 125 cm³/mol. The van der Waals surface area contributed by atoms with Crippen LogP contribution in [0.15, 0.2) is 12.2 Å². The maximum atomic E-state index is 9.55. The average Bonchev–Trinajstić information content (AvgIpc) is 2.69. The van der Waals surface area contributed by atoms with E-state index in [4.69, 9.17) is 25.2 Å². The molecule has 0 spiro atoms. The second-order valence-corrected chi connectivity index (χ2v) is 8.60. The number of hydrogen-bond donors (Lipinski definition) is 4. The summed E-state index contributed by atoms with van der Waals surface area (Å²) in [5, 5.41) is 29.6. The first-order valence-corrected chi connectivity index (χ1v) is 13.2. The Morgan fingerprint density at radius 2 is 0.774 bits per heavy atom. The molecule has 0 heterocycles. The zero-order valence-electron chi connectivity index (χ0n) is 19.7. The van der Waals surface area contributed by atoms with Gasteiger partial charge in [0.05, 0.1) is 0 Å². The Kier molecular flexibility index (Phi) is 34.7. The van der Waals surface area contributed by atoms with E-state index in [1.54, 1.807) is 0 Å². The first-order valence-electron chi connectivity index (χ1n) is 11.8. The first kappa shape index (κ1) is 34.6. The van der Waals surface area contributed by atoms with Crippen molar-refractivity contribution < 1.29 is 34.8 Å². The summed E-state index contributed by atoms with van der Waals surface area (Å²) in [7, 11) is 0. The van der Waals surface area contributed by atoms with Gasteiger partial charge in [-0.2, -0.15) is 0 Å². The number of aliphatic carboxylic acids is 2. The summed E-state index contributed by atoms with van der Waals surface area (Å²) in [5.74, 6) is -2.51. The van der Waals surface area contributed by atoms with Gasteiger partial charge in [0.1, 0.15) is 0 Å². The van der Waals surface area contributed by atoms with Crippen molar-refractivity contribution in [2.75, 3.05) is 0 Å². The molecule has 0 aliphatic rings. The molecule has 0 aromatic rings. The fraction of sp³-hybridized carbons (Fsp3) is 0.783. The molecule has 0 aliphatic carbocycles. The minimum Gasteiger partial charge on any atom is -0.478 e. The quantitative estimate of drug-likeness (QED) is 0.102. The van der Waals surface area contributed by atoms with E-state index < -0.39 is 18.1 Å². The summed E-state index contributed by atoms with van der Waals surface area (Å²) < 4.78 is 1.51. The van der Waals surface area contributed by atoms with E-state index in [9.17, 15) is 9.59 Å². The van der Waals surface area contributed by atoms with Gasteiger partial charge in [0.15, 0.2) is 0 Å². The van der Waals surface area contributed by atoms with Crippen LogP contribution >= 0.6 is 0 Å². The Labute approximate surface area is 205 Å². The van der Waals surface area contributed by atoms with E-state index in [0.29, 0.717) is 12.2 Å². The maximum Gasteiger partial charge on any atom is 0.503 e. The minimum atomic E-state index is -1.83. The van der Waals surface area contributed by atoms with Crippen LogP contribution in [0.5, 0.6) is 0 Å². The molecule has 0 aromatic heterocycles. The largest absolute Gasteiger partial charge is 0.503 e. The Morgan fingerprint density at radius 1 is 0.548 bits per heavy atom. The molecule has 0 saturated carbocycles. The first-order chi connectivity index (χ1) is 14.8. The topological polar surface area (TPSA) is 132 Å². The van der Waals surface area contributed by atoms with E-state index in [2.05, 4.69) is 6.92 Å². The molecule has 0 atom stereocenters. The predicted octanol–water partition coefficient (Wildman–Crippen LogP) is 6.77. The van der Waals surface area contributed by atoms with Crippen LogP contribution in [-0.2, 0) is 9.59 Å². The molecule has 0 radical (unpaired) electrons. The third-order valence-corrected chi connectivity index (χ3v) is 5.28. The van der Waals surface area contributed by atoms with Crippen LogP contribution in [0.3, 0.4) is 0 Å². The van der Waals surface area contributed by atoms with Gasteiger partial charge in [-0.15, -0.1) is 0 Å². The smallest absolute Gasteiger partial charge is 0.478 e. The molecule has 0 amide bonds. The molecule has 8 heteroatoms. The van der Waals surface area contributed by atoms with Crippen molar-refractivity contribution in [2.24, 2.45) is 0 Å². The molecule has 0 aliphatic heterocycles. The van der Waals surface area contributed by atoms with Crippen LogP contribution in [0.1, 0.15) is 110 Å². The van der Waals surface area contributed by atoms with Gasteiger partial charge in [-0.1, -0.05) is 39.0 Å². The fourth-order valence-electron chi connectivity index (χ4n) is 2.94. The molecule has 0 rings (SSSR count). The van der Waals surface area contributed by atoms with Crippen LogP contribution in [-0.4, -0.2) is 66.5 Å². The van der Waals surface area contributed by atoms with E-state index in [-0.39, 0.29) is 0 Å². The summed E-state index contributed by atoms with van der Waals surface area (Å²) in [6, 6.07) is 0. The number of carbonyl (C=O) groups is 3. The van der Waals surface area contributed by atoms with Crippen LogP contribution < -0.4 is 0 Å². The van der Waals surface area contributed by atoms with Crippen molar-refractivity contribution in [1.82, 2.24) is 0 Å². The van der Waals surface area contributed by atoms with Gasteiger partial charge < -0.3 is 20.4 Å². The van der Waals surface area contributed by atoms with Crippen LogP contribution in [0.4, 0.5) is 4.79 Å². The molecular formula is C23H43NaO7. The van der Waals surface area contributed by atoms with E-state index >= 15 is 0 Å². The standard InChI is InChI=1S/C18H37.C4H4O4.CH2O3.Na/c1-3-5-7-9-11-13-15-17-18-16-14-12-10-8-6-4-2;5-3(6)1-2-4(7)8;2-1(3)4;/h1,3-18H2,2H3;1-2H,(H,5,6)(H,7,8);(H2,2,3,4);/b;2-1+;;. The molecule has 0 fully saturated rings. The van der Waals surface area contributed by atoms with E-state index in [1.807, 2.05) is 0 Å². The molecule has 0 bridgehead atoms. The van der Waals surface area contributed by atoms with Crippen LogP contribution in [0.25, 0.3) is 0 Å². The Morgan fingerprint density at radius 3 is 0.968 bits per heavy atom. The van der Waals surface area contributed by atoms with Gasteiger partial charge in [0, 0.05) is 12.2 Å². The van der Waals surface area contributed by atoms with Crippen molar-refractivity contribution >= 4 is 46.0 Å². The number of carboxylic acids is 2. The van der Waals surface area contributed by atoms with Gasteiger partial charge in [0.25, 0.3) is 0 Å². The van der Waals surface area contributed by atoms with Gasteiger partial charge in [-0.05, 0) is 0 Å². The number of rotatable bonds is 18. The molecule has 178 valence electrons. The molecular weight excluding hydrogens is 411 g/mol. The van der Waals surface area contributed by atoms with Gasteiger partial charge >= 0.3 is 120 Å². The summed E-state index contributed by atoms with van der Waals surface area (Å²) in [6.07, 6.45) is 23.0. The third-order valence-electron chi connectivity index (χ3n) is 4.58. The molecule has 7 nitrogen and oxygen atoms in total. The van der Waals surface area contributed by atoms with Crippen LogP contribution in [0, 0.1) is 0 Å². The molecule has 0 unspecified atom stereocenters. The van der Waals surface area contributed by atoms with Crippen LogP contribution in [0.2, 0.25) is 3.67 Å². The second-order valence-electron chi connectivity index (χ2n) is 7.60. The van der Waals surface area contributed by atoms with Gasteiger partial charge in [-0.25, -0.2) is 14.4 Å². The molecule has 0 saturated heterocycles. The second kappa shape index (κ2) is 31.1. The summed E-state index contributed by atoms with van der Waals surface area (Å²) in [5.41, 5.74) is 0. The van der Waals surface area contributed by atoms with E-state index in [1.165, 1.54) is 134 Å². The Hall–Kier alpha value is -1.05. The van der Waals surface area contributed by atoms with Crippen molar-refractivity contribution in [1.29, 1.82) is 0 Å². The Bertz CT molecular complexity index is 404. The summed E-state index contributed by atoms with van der Waals surface area (Å²) in [4.78, 5) is 27.7. The number of unbranched alkanes of at least 4 members (excludes halogenated alkanes) is 15. The fourth-order valence-corrected chi connectivity index (χ4v) is 3.44. The van der Waals surface area contributed by atoms with Gasteiger partial charge in [-0.3, -0.25) is 0 Å². The summed E-state index contributed by atoms with van der Waals surface area (Å²) >= 11 is 1.41. The van der Waals surface area contributed by atoms with Crippen molar-refractivity contribution in [3.8, 4) is 0 Å². The average molecular weight is 455 g/mol. The minimum absolute atomic E-state index is 0.558. The summed E-state index contributed by atoms with van der Waals surface area (Å²) in [6.45, 7) is 2.30. The van der Waals surface area contributed by atoms with Crippen molar-refractivity contribution in [3.05, 3.63) is 12.2 Å². The number of carboxylic acid groups (broad SMARTS) is 4. The molecule has 31 heavy (non-hydrogen) atoms. The zero-order chi connectivity index (χ0) is 24.2. The molecule has 4 N–H and O–H groups in total. The SMILES string of the molecule is CCCCCCCCCCCCCCCCC[CH2][Na].O=C(O)/C=C/C(=O)O.O=C(O)O. The number of hydrogen-bond acceptors (Lipinski definition) is 3. The van der Waals surface area contributed by atoms with Crippen molar-refractivity contribution in [3.63, 3.8) is 0 Å². The van der Waals surface area contributed by atoms with Gasteiger partial charge in [0.2, 0.25) is 0 Å². The third kappa shape index (κ3) is 52.8. The Balaban J connectivity index is -0.000000536. The molecule has 0 aromatic carbocycles. The van der Waals surface area contributed by atoms with Crippen molar-refractivity contribution in [2.45, 2.75) is 113 Å². The monoisotopic (exact) mass is 454 g/mol. The zero-order valence-corrected chi connectivity index (χ0v) is 21.7. The maximum absolute atomic E-state index is 9.55. The van der Waals surface area contributed by atoms with E-state index in [0.717, 1.165) is 0 Å². The normalized spacial score (nSPS) is 10.0.